The molecule has 0 bridgehead atoms. The van der Waals surface area contributed by atoms with Crippen molar-refractivity contribution < 1.29 is 0 Å². The molecule has 0 atom stereocenters. The van der Waals surface area contributed by atoms with E-state index in [2.05, 4.69) is 41.1 Å². The first-order valence-electron chi connectivity index (χ1n) is 7.02. The van der Waals surface area contributed by atoms with Gasteiger partial charge in [0.15, 0.2) is 5.65 Å². The van der Waals surface area contributed by atoms with E-state index in [1.807, 2.05) is 18.3 Å². The van der Waals surface area contributed by atoms with Crippen LogP contribution in [0.25, 0.3) is 5.65 Å². The molecule has 0 fully saturated rings. The van der Waals surface area contributed by atoms with Crippen molar-refractivity contribution in [3.63, 3.8) is 0 Å². The van der Waals surface area contributed by atoms with Crippen LogP contribution in [0.15, 0.2) is 18.3 Å². The lowest BCUT2D eigenvalue weighted by Gasteiger charge is -2.19. The van der Waals surface area contributed by atoms with Gasteiger partial charge in [0, 0.05) is 19.3 Å². The highest BCUT2D eigenvalue weighted by Gasteiger charge is 2.04. The molecule has 1 N–H and O–H groups in total. The van der Waals surface area contributed by atoms with Gasteiger partial charge in [-0.05, 0) is 44.1 Å². The van der Waals surface area contributed by atoms with Crippen molar-refractivity contribution in [2.24, 2.45) is 0 Å². The van der Waals surface area contributed by atoms with E-state index < -0.39 is 0 Å². The van der Waals surface area contributed by atoms with Gasteiger partial charge < -0.3 is 10.2 Å². The second-order valence-electron chi connectivity index (χ2n) is 4.80. The fourth-order valence-electron chi connectivity index (χ4n) is 2.13. The summed E-state index contributed by atoms with van der Waals surface area (Å²) in [5.74, 6) is 0.707. The minimum atomic E-state index is 0.707. The Morgan fingerprint density at radius 2 is 2.16 bits per heavy atom. The van der Waals surface area contributed by atoms with Gasteiger partial charge in [-0.1, -0.05) is 13.8 Å². The molecule has 0 saturated carbocycles. The quantitative estimate of drug-likeness (QED) is 0.830. The van der Waals surface area contributed by atoms with Crippen molar-refractivity contribution >= 4 is 11.6 Å². The Morgan fingerprint density at radius 3 is 2.89 bits per heavy atom. The van der Waals surface area contributed by atoms with Crippen LogP contribution < -0.4 is 5.32 Å². The van der Waals surface area contributed by atoms with Crippen molar-refractivity contribution in [3.8, 4) is 0 Å². The summed E-state index contributed by atoms with van der Waals surface area (Å²) >= 11 is 0. The van der Waals surface area contributed by atoms with Gasteiger partial charge in [-0.25, -0.2) is 4.52 Å². The first-order valence-corrected chi connectivity index (χ1v) is 7.02. The predicted octanol–water partition coefficient (Wildman–Crippen LogP) is 2.18. The van der Waals surface area contributed by atoms with Gasteiger partial charge in [-0.15, -0.1) is 5.10 Å². The third kappa shape index (κ3) is 3.67. The van der Waals surface area contributed by atoms with Gasteiger partial charge in [-0.3, -0.25) is 0 Å². The SMILES string of the molecule is CCCN(CC)CCNc1nc2cc(C)ccn2n1. The molecule has 0 aliphatic carbocycles. The number of nitrogens with one attached hydrogen (secondary N) is 1. The molecule has 0 aromatic carbocycles. The Kier molecular flexibility index (Phi) is 4.74. The molecular weight excluding hydrogens is 238 g/mol. The Labute approximate surface area is 114 Å². The van der Waals surface area contributed by atoms with E-state index in [1.165, 1.54) is 12.0 Å². The summed E-state index contributed by atoms with van der Waals surface area (Å²) in [4.78, 5) is 6.89. The summed E-state index contributed by atoms with van der Waals surface area (Å²) in [6.45, 7) is 10.6. The normalized spacial score (nSPS) is 11.4. The standard InChI is InChI=1S/C14H23N5/c1-4-8-18(5-2)10-7-15-14-16-13-11-12(3)6-9-19(13)17-14/h6,9,11H,4-5,7-8,10H2,1-3H3,(H,15,17). The molecule has 2 aromatic heterocycles. The smallest absolute Gasteiger partial charge is 0.243 e. The second kappa shape index (κ2) is 6.52. The summed E-state index contributed by atoms with van der Waals surface area (Å²) in [7, 11) is 0. The zero-order valence-corrected chi connectivity index (χ0v) is 12.1. The lowest BCUT2D eigenvalue weighted by Crippen LogP contribution is -2.29. The molecule has 0 radical (unpaired) electrons. The highest BCUT2D eigenvalue weighted by Crippen LogP contribution is 2.07. The third-order valence-corrected chi connectivity index (χ3v) is 3.19. The number of aryl methyl sites for hydroxylation is 1. The van der Waals surface area contributed by atoms with Crippen LogP contribution in [0.3, 0.4) is 0 Å². The van der Waals surface area contributed by atoms with Gasteiger partial charge in [-0.2, -0.15) is 4.98 Å². The number of fused-ring (bicyclic) bond motifs is 1. The van der Waals surface area contributed by atoms with Crippen molar-refractivity contribution in [2.45, 2.75) is 27.2 Å². The highest BCUT2D eigenvalue weighted by molar-refractivity contribution is 5.45. The van der Waals surface area contributed by atoms with Gasteiger partial charge in [0.1, 0.15) is 0 Å². The summed E-state index contributed by atoms with van der Waals surface area (Å²) < 4.78 is 1.80. The Hall–Kier alpha value is -1.62. The van der Waals surface area contributed by atoms with Gasteiger partial charge >= 0.3 is 0 Å². The maximum absolute atomic E-state index is 4.46. The Bertz CT molecular complexity index is 520. The molecule has 19 heavy (non-hydrogen) atoms. The fraction of sp³-hybridized carbons (Fsp3) is 0.571. The molecule has 2 aromatic rings. The van der Waals surface area contributed by atoms with Crippen LogP contribution in [-0.2, 0) is 0 Å². The lowest BCUT2D eigenvalue weighted by molar-refractivity contribution is 0.300. The summed E-state index contributed by atoms with van der Waals surface area (Å²) in [6.07, 6.45) is 3.14. The van der Waals surface area contributed by atoms with E-state index in [-0.39, 0.29) is 0 Å². The van der Waals surface area contributed by atoms with Crippen LogP contribution in [0, 0.1) is 6.92 Å². The number of hydrogen-bond acceptors (Lipinski definition) is 4. The van der Waals surface area contributed by atoms with Crippen LogP contribution >= 0.6 is 0 Å². The Balaban J connectivity index is 1.91. The van der Waals surface area contributed by atoms with E-state index in [4.69, 9.17) is 0 Å². The van der Waals surface area contributed by atoms with Crippen molar-refractivity contribution in [3.05, 3.63) is 23.9 Å². The van der Waals surface area contributed by atoms with Crippen molar-refractivity contribution in [1.29, 1.82) is 0 Å². The Morgan fingerprint density at radius 1 is 1.32 bits per heavy atom. The number of likely N-dealkylation sites (N-methyl/N-ethyl adjacent to an activating group) is 1. The highest BCUT2D eigenvalue weighted by atomic mass is 15.3. The fourth-order valence-corrected chi connectivity index (χ4v) is 2.13. The van der Waals surface area contributed by atoms with Gasteiger partial charge in [0.2, 0.25) is 5.95 Å². The molecule has 0 amide bonds. The van der Waals surface area contributed by atoms with Crippen LogP contribution in [0.2, 0.25) is 0 Å². The van der Waals surface area contributed by atoms with Gasteiger partial charge in [0.25, 0.3) is 0 Å². The predicted molar refractivity (Wildman–Crippen MR) is 78.6 cm³/mol. The van der Waals surface area contributed by atoms with Crippen molar-refractivity contribution in [1.82, 2.24) is 19.5 Å². The molecule has 104 valence electrons. The van der Waals surface area contributed by atoms with Crippen LogP contribution in [0.1, 0.15) is 25.8 Å². The van der Waals surface area contributed by atoms with Crippen molar-refractivity contribution in [2.75, 3.05) is 31.5 Å². The van der Waals surface area contributed by atoms with Gasteiger partial charge in [0.05, 0.1) is 0 Å². The minimum Gasteiger partial charge on any atom is -0.352 e. The molecule has 0 aliphatic rings. The first kappa shape index (κ1) is 13.8. The number of nitrogens with zero attached hydrogens (tertiary/aromatic N) is 4. The van der Waals surface area contributed by atoms with E-state index in [0.29, 0.717) is 5.95 Å². The molecule has 0 saturated heterocycles. The maximum Gasteiger partial charge on any atom is 0.243 e. The minimum absolute atomic E-state index is 0.707. The summed E-state index contributed by atoms with van der Waals surface area (Å²) in [5.41, 5.74) is 2.09. The average molecular weight is 261 g/mol. The molecular formula is C14H23N5. The average Bonchev–Trinajstić information content (AvgIpc) is 2.79. The molecule has 5 nitrogen and oxygen atoms in total. The van der Waals surface area contributed by atoms with E-state index in [0.717, 1.165) is 31.8 Å². The lowest BCUT2D eigenvalue weighted by atomic mass is 10.3. The maximum atomic E-state index is 4.46. The number of pyridine rings is 1. The summed E-state index contributed by atoms with van der Waals surface area (Å²) in [5, 5.41) is 7.69. The zero-order chi connectivity index (χ0) is 13.7. The molecule has 2 heterocycles. The molecule has 5 heteroatoms. The topological polar surface area (TPSA) is 45.5 Å². The molecule has 0 spiro atoms. The molecule has 0 aliphatic heterocycles. The number of anilines is 1. The van der Waals surface area contributed by atoms with E-state index in [1.54, 1.807) is 4.52 Å². The van der Waals surface area contributed by atoms with Crippen LogP contribution in [0.4, 0.5) is 5.95 Å². The largest absolute Gasteiger partial charge is 0.352 e. The zero-order valence-electron chi connectivity index (χ0n) is 12.1. The van der Waals surface area contributed by atoms with E-state index >= 15 is 0 Å². The van der Waals surface area contributed by atoms with Crippen LogP contribution in [0.5, 0.6) is 0 Å². The first-order chi connectivity index (χ1) is 9.22. The number of aromatic nitrogens is 3. The summed E-state index contributed by atoms with van der Waals surface area (Å²) in [6, 6.07) is 4.07. The second-order valence-corrected chi connectivity index (χ2v) is 4.80. The number of hydrogen-bond donors (Lipinski definition) is 1. The third-order valence-electron chi connectivity index (χ3n) is 3.19. The molecule has 0 unspecified atom stereocenters. The number of rotatable bonds is 7. The monoisotopic (exact) mass is 261 g/mol. The molecule has 2 rings (SSSR count). The van der Waals surface area contributed by atoms with Crippen LogP contribution in [-0.4, -0.2) is 45.7 Å². The van der Waals surface area contributed by atoms with E-state index in [9.17, 15) is 0 Å².